The van der Waals surface area contributed by atoms with E-state index < -0.39 is 5.97 Å². The number of hydrogen-bond donors (Lipinski definition) is 1. The molecule has 2 fully saturated rings. The van der Waals surface area contributed by atoms with Crippen LogP contribution in [0, 0.1) is 5.92 Å². The normalized spacial score (nSPS) is 18.4. The van der Waals surface area contributed by atoms with E-state index in [9.17, 15) is 19.5 Å². The number of fused-ring (bicyclic) bond motifs is 1. The summed E-state index contributed by atoms with van der Waals surface area (Å²) in [5.74, 6) is -1.82. The predicted molar refractivity (Wildman–Crippen MR) is 176 cm³/mol. The summed E-state index contributed by atoms with van der Waals surface area (Å²) in [6.45, 7) is 1.07. The zero-order valence-electron chi connectivity index (χ0n) is 26.9. The second kappa shape index (κ2) is 21.8. The first kappa shape index (κ1) is 48.0. The molecule has 1 saturated carbocycles. The van der Waals surface area contributed by atoms with Crippen LogP contribution >= 0.6 is 23.2 Å². The molecule has 48 heavy (non-hydrogen) atoms. The van der Waals surface area contributed by atoms with Gasteiger partial charge >= 0.3 is 29.6 Å². The molecule has 2 heterocycles. The molecule has 0 unspecified atom stereocenters. The van der Waals surface area contributed by atoms with E-state index in [-0.39, 0.29) is 105 Å². The molecule has 3 aromatic rings. The van der Waals surface area contributed by atoms with Crippen molar-refractivity contribution in [3.8, 4) is 0 Å². The molecule has 1 aliphatic carbocycles. The number of amides is 1. The number of carbonyl (C=O) groups excluding carboxylic acids is 3. The number of ether oxygens (including phenoxy) is 1. The number of carbonyl (C=O) groups is 3. The van der Waals surface area contributed by atoms with E-state index >= 15 is 0 Å². The fraction of sp³-hybridized carbons (Fsp3) is 0.452. The molecule has 17 heteroatoms. The molecule has 1 aromatic heterocycles. The molecule has 0 spiro atoms. The van der Waals surface area contributed by atoms with Crippen LogP contribution in [0.2, 0.25) is 10.0 Å². The number of aliphatic carboxylic acids is 1. The number of Topliss-reactive ketones (excluding diaryl/α,β-unsaturated/α-hetero) is 1. The zero-order chi connectivity index (χ0) is 29.8. The number of aryl methyl sites for hydroxylation is 1. The maximum atomic E-state index is 13.0. The number of hydroxylamine groups is 2. The van der Waals surface area contributed by atoms with Gasteiger partial charge in [-0.15, -0.1) is 0 Å². The molecule has 1 aliphatic heterocycles. The van der Waals surface area contributed by atoms with Gasteiger partial charge in [-0.05, 0) is 68.2 Å². The first-order valence-electron chi connectivity index (χ1n) is 14.3. The van der Waals surface area contributed by atoms with Gasteiger partial charge in [0.25, 0.3) is 5.91 Å². The number of anilines is 1. The summed E-state index contributed by atoms with van der Waals surface area (Å²) in [5.41, 5.74) is 2.37. The molecule has 0 bridgehead atoms. The van der Waals surface area contributed by atoms with Crippen LogP contribution < -0.4 is 40.0 Å². The minimum atomic E-state index is -0.975. The molecule has 264 valence electrons. The summed E-state index contributed by atoms with van der Waals surface area (Å²) in [7, 11) is 1.88. The van der Waals surface area contributed by atoms with Crippen LogP contribution in [0.4, 0.5) is 5.69 Å². The Hall–Kier alpha value is -2.15. The number of carboxylic acid groups (broad SMARTS) is 1. The third kappa shape index (κ3) is 11.7. The summed E-state index contributed by atoms with van der Waals surface area (Å²) in [5, 5.41) is 17.1. The zero-order valence-corrected chi connectivity index (χ0v) is 30.5. The van der Waals surface area contributed by atoms with Crippen LogP contribution in [0.1, 0.15) is 54.4 Å². The van der Waals surface area contributed by atoms with Gasteiger partial charge in [0.2, 0.25) is 0 Å². The van der Waals surface area contributed by atoms with Gasteiger partial charge in [0.1, 0.15) is 6.61 Å². The number of carboxylic acids is 1. The first-order valence-corrected chi connectivity index (χ1v) is 15.0. The topological polar surface area (TPSA) is 270 Å². The molecule has 0 radical (unpaired) electrons. The Morgan fingerprint density at radius 3 is 2.29 bits per heavy atom. The summed E-state index contributed by atoms with van der Waals surface area (Å²) in [6, 6.07) is 10.8. The summed E-state index contributed by atoms with van der Waals surface area (Å²) >= 11 is 13.0. The Kier molecular flexibility index (Phi) is 21.8. The molecule has 2 aromatic carbocycles. The van der Waals surface area contributed by atoms with Crippen molar-refractivity contribution in [2.75, 3.05) is 25.1 Å². The van der Waals surface area contributed by atoms with E-state index in [2.05, 4.69) is 5.32 Å². The Morgan fingerprint density at radius 1 is 0.958 bits per heavy atom. The van der Waals surface area contributed by atoms with Gasteiger partial charge in [0.15, 0.2) is 5.78 Å². The Morgan fingerprint density at radius 2 is 1.62 bits per heavy atom. The number of para-hydroxylation sites is 1. The molecule has 1 atom stereocenters. The Balaban J connectivity index is 0. The Labute approximate surface area is 310 Å². The second-order valence-electron chi connectivity index (χ2n) is 11.1. The van der Waals surface area contributed by atoms with Crippen molar-refractivity contribution in [2.45, 2.75) is 57.1 Å². The predicted octanol–water partition coefficient (Wildman–Crippen LogP) is -2.55. The van der Waals surface area contributed by atoms with Gasteiger partial charge in [-0.25, -0.2) is 0 Å². The quantitative estimate of drug-likeness (QED) is 0.206. The fourth-order valence-electron chi connectivity index (χ4n) is 5.81. The number of ketones is 1. The van der Waals surface area contributed by atoms with Gasteiger partial charge in [-0.3, -0.25) is 14.4 Å². The minimum absolute atomic E-state index is 0. The van der Waals surface area contributed by atoms with Crippen molar-refractivity contribution in [2.24, 2.45) is 13.0 Å². The van der Waals surface area contributed by atoms with Crippen molar-refractivity contribution < 1.29 is 86.0 Å². The van der Waals surface area contributed by atoms with E-state index in [0.29, 0.717) is 60.7 Å². The number of rotatable bonds is 11. The number of nitrogens with zero attached hydrogens (tertiary/aromatic N) is 2. The van der Waals surface area contributed by atoms with Crippen molar-refractivity contribution in [3.63, 3.8) is 0 Å². The number of nitrogens with one attached hydrogen (secondary N) is 1. The molecular weight excluding hydrogens is 684 g/mol. The third-order valence-electron chi connectivity index (χ3n) is 8.16. The minimum Gasteiger partial charge on any atom is -0.550 e. The standard InChI is InChI=1S/C31H35Cl2N3O6.Na.5H2O/c1-35-16-25(24-6-2-3-7-29(24)35)30(38)34-28-15-26(32)20(14-27(28)33)13-22(37)18-42-36-12-4-5-21(36)17-41-23-10-8-19(9-11-23)31(39)40;;;;;;/h2-3,6-7,14-16,19,21,23H,4-5,8-13,17-18H2,1H3,(H,34,38)(H,39,40);;5*1H2/q;+1;;;;;/p-1/t19?,21-,23?;;;;;;/m0....../s1. The van der Waals surface area contributed by atoms with Crippen molar-refractivity contribution >= 4 is 57.5 Å². The van der Waals surface area contributed by atoms with Gasteiger partial charge in [-0.2, -0.15) is 5.06 Å². The van der Waals surface area contributed by atoms with Crippen LogP contribution in [0.5, 0.6) is 0 Å². The molecule has 2 aliphatic rings. The smallest absolute Gasteiger partial charge is 0.550 e. The second-order valence-corrected chi connectivity index (χ2v) is 11.9. The van der Waals surface area contributed by atoms with Crippen molar-refractivity contribution in [3.05, 3.63) is 63.8 Å². The molecular formula is C31H44Cl2N3NaO11. The van der Waals surface area contributed by atoms with Crippen LogP contribution in [-0.2, 0) is 32.6 Å². The molecule has 5 rings (SSSR count). The fourth-order valence-corrected chi connectivity index (χ4v) is 6.27. The number of halogens is 2. The van der Waals surface area contributed by atoms with Gasteiger partial charge in [-0.1, -0.05) is 41.4 Å². The van der Waals surface area contributed by atoms with E-state index in [4.69, 9.17) is 32.8 Å². The van der Waals surface area contributed by atoms with Crippen LogP contribution in [0.15, 0.2) is 42.6 Å². The number of benzene rings is 2. The van der Waals surface area contributed by atoms with Crippen LogP contribution in [-0.4, -0.2) is 86.6 Å². The third-order valence-corrected chi connectivity index (χ3v) is 8.82. The van der Waals surface area contributed by atoms with Crippen LogP contribution in [0.3, 0.4) is 0 Å². The molecule has 1 saturated heterocycles. The van der Waals surface area contributed by atoms with E-state index in [1.807, 2.05) is 40.9 Å². The van der Waals surface area contributed by atoms with Gasteiger partial charge in [0, 0.05) is 48.1 Å². The SMILES string of the molecule is Cn1cc(C(=O)Nc2cc(Cl)c(CC(=O)CON3CCC[C@H]3COC3CCC(C(=O)[O-])CC3)cc2Cl)c2ccccc21.O.O.O.O.O.[Na+]. The maximum absolute atomic E-state index is 13.0. The maximum Gasteiger partial charge on any atom is 1.00 e. The molecule has 14 nitrogen and oxygen atoms in total. The summed E-state index contributed by atoms with van der Waals surface area (Å²) < 4.78 is 7.95. The monoisotopic (exact) mass is 727 g/mol. The van der Waals surface area contributed by atoms with Gasteiger partial charge < -0.3 is 51.9 Å². The van der Waals surface area contributed by atoms with Crippen molar-refractivity contribution in [1.29, 1.82) is 0 Å². The average molecular weight is 729 g/mol. The van der Waals surface area contributed by atoms with Crippen LogP contribution in [0.25, 0.3) is 10.9 Å². The molecule has 11 N–H and O–H groups in total. The summed E-state index contributed by atoms with van der Waals surface area (Å²) in [6.07, 6.45) is 6.25. The van der Waals surface area contributed by atoms with E-state index in [1.54, 1.807) is 18.3 Å². The van der Waals surface area contributed by atoms with E-state index in [0.717, 1.165) is 23.7 Å². The number of hydrogen-bond acceptors (Lipinski definition) is 7. The van der Waals surface area contributed by atoms with E-state index in [1.165, 1.54) is 0 Å². The van der Waals surface area contributed by atoms with Crippen molar-refractivity contribution in [1.82, 2.24) is 9.63 Å². The first-order chi connectivity index (χ1) is 20.2. The Bertz CT molecular complexity index is 1490. The summed E-state index contributed by atoms with van der Waals surface area (Å²) in [4.78, 5) is 42.7. The van der Waals surface area contributed by atoms with Gasteiger partial charge in [0.05, 0.1) is 35.0 Å². The number of aromatic nitrogens is 1. The largest absolute Gasteiger partial charge is 1.00 e. The molecule has 1 amide bonds. The average Bonchev–Trinajstić information content (AvgIpc) is 3.57.